The molecule has 2 N–H and O–H groups in total. The van der Waals surface area contributed by atoms with Crippen LogP contribution in [0.25, 0.3) is 11.3 Å². The van der Waals surface area contributed by atoms with E-state index in [2.05, 4.69) is 0 Å². The van der Waals surface area contributed by atoms with Crippen molar-refractivity contribution in [3.63, 3.8) is 0 Å². The number of amides is 1. The number of aromatic hydroxyl groups is 1. The van der Waals surface area contributed by atoms with Gasteiger partial charge >= 0.3 is 0 Å². The third-order valence-corrected chi connectivity index (χ3v) is 6.29. The van der Waals surface area contributed by atoms with Gasteiger partial charge in [0.25, 0.3) is 0 Å². The second-order valence-corrected chi connectivity index (χ2v) is 8.64. The smallest absolute Gasteiger partial charge is 0.232 e. The number of fused-ring (bicyclic) bond motifs is 3. The fraction of sp³-hybridized carbons (Fsp3) is 0.179. The Hall–Kier alpha value is -4.10. The Kier molecular flexibility index (Phi) is 6.01. The Labute approximate surface area is 202 Å². The molecule has 0 spiro atoms. The highest BCUT2D eigenvalue weighted by Gasteiger charge is 2.28. The molecule has 1 aromatic heterocycles. The van der Waals surface area contributed by atoms with E-state index in [1.807, 2.05) is 18.2 Å². The van der Waals surface area contributed by atoms with Crippen LogP contribution < -0.4 is 4.90 Å². The normalized spacial score (nSPS) is 13.0. The van der Waals surface area contributed by atoms with Crippen LogP contribution >= 0.6 is 0 Å². The Morgan fingerprint density at radius 1 is 1.03 bits per heavy atom. The summed E-state index contributed by atoms with van der Waals surface area (Å²) in [5.41, 5.74) is 4.55. The number of hydrogen-bond donors (Lipinski definition) is 2. The van der Waals surface area contributed by atoms with E-state index < -0.39 is 6.10 Å². The number of hydrogen-bond acceptors (Lipinski definition) is 5. The molecule has 0 radical (unpaired) electrons. The van der Waals surface area contributed by atoms with E-state index >= 15 is 0 Å². The van der Waals surface area contributed by atoms with Crippen LogP contribution in [0.4, 0.5) is 10.2 Å². The molecule has 0 bridgehead atoms. The van der Waals surface area contributed by atoms with Crippen LogP contribution in [0.3, 0.4) is 0 Å². The molecule has 0 saturated heterocycles. The maximum Gasteiger partial charge on any atom is 0.232 e. The van der Waals surface area contributed by atoms with Crippen LogP contribution in [0.15, 0.2) is 72.8 Å². The van der Waals surface area contributed by atoms with Crippen LogP contribution in [-0.4, -0.2) is 33.1 Å². The lowest BCUT2D eigenvalue weighted by Gasteiger charge is -2.26. The molecular formula is C28H24FN3O3. The number of halogens is 1. The van der Waals surface area contributed by atoms with Gasteiger partial charge in [-0.15, -0.1) is 0 Å². The van der Waals surface area contributed by atoms with Gasteiger partial charge in [0.05, 0.1) is 17.8 Å². The maximum absolute atomic E-state index is 13.8. The van der Waals surface area contributed by atoms with Gasteiger partial charge in [-0.1, -0.05) is 42.5 Å². The van der Waals surface area contributed by atoms with Gasteiger partial charge in [0.2, 0.25) is 5.91 Å². The van der Waals surface area contributed by atoms with Crippen LogP contribution in [0, 0.1) is 5.82 Å². The molecule has 6 nitrogen and oxygen atoms in total. The summed E-state index contributed by atoms with van der Waals surface area (Å²) in [4.78, 5) is 24.2. The summed E-state index contributed by atoms with van der Waals surface area (Å²) in [7, 11) is 1.62. The van der Waals surface area contributed by atoms with E-state index in [9.17, 15) is 19.4 Å². The predicted octanol–water partition coefficient (Wildman–Crippen LogP) is 4.37. The summed E-state index contributed by atoms with van der Waals surface area (Å²) in [5, 5.41) is 20.8. The van der Waals surface area contributed by atoms with Crippen molar-refractivity contribution < 1.29 is 19.4 Å². The van der Waals surface area contributed by atoms with Gasteiger partial charge in [-0.3, -0.25) is 9.69 Å². The maximum atomic E-state index is 13.8. The first kappa shape index (κ1) is 22.7. The number of phenolic OH excluding ortho intramolecular Hbond substituents is 1. The number of aryl methyl sites for hydroxylation is 2. The Morgan fingerprint density at radius 2 is 1.77 bits per heavy atom. The summed E-state index contributed by atoms with van der Waals surface area (Å²) < 4.78 is 13.8. The molecule has 176 valence electrons. The first-order valence-corrected chi connectivity index (χ1v) is 11.4. The van der Waals surface area contributed by atoms with Crippen LogP contribution in [0.5, 0.6) is 5.75 Å². The molecule has 1 atom stereocenters. The highest BCUT2D eigenvalue weighted by Crippen LogP contribution is 2.36. The summed E-state index contributed by atoms with van der Waals surface area (Å²) in [6.45, 7) is 0. The minimum Gasteiger partial charge on any atom is -0.508 e. The van der Waals surface area contributed by atoms with Gasteiger partial charge in [0.15, 0.2) is 5.82 Å². The lowest BCUT2D eigenvalue weighted by atomic mass is 9.91. The van der Waals surface area contributed by atoms with E-state index in [0.717, 1.165) is 16.7 Å². The number of likely N-dealkylation sites (N-methyl/N-ethyl adjacent to an activating group) is 1. The van der Waals surface area contributed by atoms with Gasteiger partial charge in [-0.05, 0) is 59.9 Å². The number of rotatable bonds is 5. The van der Waals surface area contributed by atoms with Gasteiger partial charge in [-0.25, -0.2) is 14.4 Å². The average molecular weight is 470 g/mol. The van der Waals surface area contributed by atoms with E-state index in [4.69, 9.17) is 9.97 Å². The number of anilines is 1. The van der Waals surface area contributed by atoms with Gasteiger partial charge in [0, 0.05) is 12.6 Å². The molecule has 1 aliphatic carbocycles. The second-order valence-electron chi connectivity index (χ2n) is 8.64. The first-order chi connectivity index (χ1) is 16.9. The van der Waals surface area contributed by atoms with E-state index in [0.29, 0.717) is 29.8 Å². The fourth-order valence-corrected chi connectivity index (χ4v) is 4.36. The van der Waals surface area contributed by atoms with Crippen molar-refractivity contribution in [3.05, 3.63) is 107 Å². The molecule has 1 aliphatic rings. The summed E-state index contributed by atoms with van der Waals surface area (Å²) in [6.07, 6.45) is 0.144. The van der Waals surface area contributed by atoms with Gasteiger partial charge < -0.3 is 10.2 Å². The van der Waals surface area contributed by atoms with Crippen LogP contribution in [-0.2, 0) is 24.1 Å². The number of carbonyl (C=O) groups excluding carboxylic acids is 1. The van der Waals surface area contributed by atoms with E-state index in [-0.39, 0.29) is 35.4 Å². The van der Waals surface area contributed by atoms with E-state index in [1.165, 1.54) is 29.2 Å². The highest BCUT2D eigenvalue weighted by atomic mass is 19.1. The molecule has 3 aromatic carbocycles. The van der Waals surface area contributed by atoms with Crippen molar-refractivity contribution in [2.45, 2.75) is 25.4 Å². The van der Waals surface area contributed by atoms with Gasteiger partial charge in [-0.2, -0.15) is 0 Å². The third kappa shape index (κ3) is 4.50. The molecule has 35 heavy (non-hydrogen) atoms. The summed E-state index contributed by atoms with van der Waals surface area (Å²) in [5.74, 6) is -0.122. The van der Waals surface area contributed by atoms with Crippen molar-refractivity contribution in [1.82, 2.24) is 9.97 Å². The molecule has 1 unspecified atom stereocenters. The van der Waals surface area contributed by atoms with Crippen molar-refractivity contribution in [1.29, 1.82) is 0 Å². The fourth-order valence-electron chi connectivity index (χ4n) is 4.36. The third-order valence-electron chi connectivity index (χ3n) is 6.29. The number of benzene rings is 3. The lowest BCUT2D eigenvalue weighted by molar-refractivity contribution is -0.117. The number of aliphatic hydroxyl groups is 1. The van der Waals surface area contributed by atoms with Crippen molar-refractivity contribution >= 4 is 11.7 Å². The predicted molar refractivity (Wildman–Crippen MR) is 131 cm³/mol. The molecular weight excluding hydrogens is 445 g/mol. The van der Waals surface area contributed by atoms with Crippen LogP contribution in [0.2, 0.25) is 0 Å². The zero-order valence-corrected chi connectivity index (χ0v) is 19.1. The van der Waals surface area contributed by atoms with Gasteiger partial charge in [0.1, 0.15) is 23.4 Å². The molecule has 4 aromatic rings. The molecule has 0 saturated carbocycles. The number of nitrogens with zero attached hydrogens (tertiary/aromatic N) is 3. The SMILES string of the molecule is CN(C(=O)Cc1ccc(O)cc1)c1nc2c(nc1C(O)c1ccccc1)-c1ccc(F)cc1CC2. The quantitative estimate of drug-likeness (QED) is 0.453. The van der Waals surface area contributed by atoms with Crippen LogP contribution in [0.1, 0.15) is 34.2 Å². The van der Waals surface area contributed by atoms with E-state index in [1.54, 1.807) is 37.4 Å². The summed E-state index contributed by atoms with van der Waals surface area (Å²) in [6, 6.07) is 20.1. The largest absolute Gasteiger partial charge is 0.508 e. The molecule has 1 amide bonds. The minimum atomic E-state index is -1.11. The minimum absolute atomic E-state index is 0.0958. The standard InChI is InChI=1S/C28H24FN3O3/c1-32(24(34)15-17-7-11-21(33)12-8-17)28-26(27(35)18-5-3-2-4-6-18)31-25-22-13-10-20(29)16-19(22)9-14-23(25)30-28/h2-8,10-13,16,27,33,35H,9,14-15H2,1H3. The topological polar surface area (TPSA) is 86.6 Å². The first-order valence-electron chi connectivity index (χ1n) is 11.4. The molecule has 0 fully saturated rings. The average Bonchev–Trinajstić information content (AvgIpc) is 2.88. The number of carbonyl (C=O) groups is 1. The molecule has 5 rings (SSSR count). The zero-order valence-electron chi connectivity index (χ0n) is 19.1. The Bertz CT molecular complexity index is 1390. The molecule has 1 heterocycles. The number of phenols is 1. The van der Waals surface area contributed by atoms with Crippen molar-refractivity contribution in [2.75, 3.05) is 11.9 Å². The monoisotopic (exact) mass is 469 g/mol. The second kappa shape index (κ2) is 9.27. The van der Waals surface area contributed by atoms with Crippen molar-refractivity contribution in [2.24, 2.45) is 0 Å². The highest BCUT2D eigenvalue weighted by molar-refractivity contribution is 5.94. The number of aromatic nitrogens is 2. The Morgan fingerprint density at radius 3 is 2.51 bits per heavy atom. The zero-order chi connectivity index (χ0) is 24.5. The Balaban J connectivity index is 1.58. The summed E-state index contributed by atoms with van der Waals surface area (Å²) >= 11 is 0. The van der Waals surface area contributed by atoms with Crippen molar-refractivity contribution in [3.8, 4) is 17.0 Å². The molecule has 0 aliphatic heterocycles. The lowest BCUT2D eigenvalue weighted by Crippen LogP contribution is -2.31. The number of aliphatic hydroxyl groups excluding tert-OH is 1. The molecule has 7 heteroatoms.